The second kappa shape index (κ2) is 48.5. The summed E-state index contributed by atoms with van der Waals surface area (Å²) in [5.74, 6) is -0.393. The van der Waals surface area contributed by atoms with Crippen LogP contribution in [0.1, 0.15) is 271 Å². The number of unbranched alkanes of at least 4 members (excludes halogenated alkanes) is 35. The van der Waals surface area contributed by atoms with Gasteiger partial charge in [0.1, 0.15) is 30.5 Å². The fourth-order valence-electron chi connectivity index (χ4n) is 9.18. The summed E-state index contributed by atoms with van der Waals surface area (Å²) in [4.78, 5) is 13.0. The Kier molecular flexibility index (Phi) is 46.2. The van der Waals surface area contributed by atoms with Gasteiger partial charge >= 0.3 is 16.4 Å². The lowest BCUT2D eigenvalue weighted by Gasteiger charge is -2.41. The van der Waals surface area contributed by atoms with E-state index >= 15 is 0 Å². The third-order valence-electron chi connectivity index (χ3n) is 13.6. The highest BCUT2D eigenvalue weighted by Crippen LogP contribution is 2.26. The highest BCUT2D eigenvalue weighted by atomic mass is 32.3. The Hall–Kier alpha value is -1.42. The molecule has 1 heterocycles. The van der Waals surface area contributed by atoms with Crippen molar-refractivity contribution in [1.29, 1.82) is 0 Å². The van der Waals surface area contributed by atoms with Gasteiger partial charge in [0.2, 0.25) is 0 Å². The third kappa shape index (κ3) is 41.0. The first-order valence-electron chi connectivity index (χ1n) is 29.1. The molecule has 0 spiro atoms. The predicted molar refractivity (Wildman–Crippen MR) is 285 cm³/mol. The largest absolute Gasteiger partial charge is 0.457 e. The summed E-state index contributed by atoms with van der Waals surface area (Å²) >= 11 is 0. The van der Waals surface area contributed by atoms with Gasteiger partial charge in [-0.2, -0.15) is 8.42 Å². The summed E-state index contributed by atoms with van der Waals surface area (Å²) in [5.41, 5.74) is 0. The molecule has 70 heavy (non-hydrogen) atoms. The molecule has 6 unspecified atom stereocenters. The first-order chi connectivity index (χ1) is 34.1. The van der Waals surface area contributed by atoms with Crippen molar-refractivity contribution >= 4 is 16.4 Å². The third-order valence-corrected chi connectivity index (χ3v) is 14.0. The van der Waals surface area contributed by atoms with E-state index in [1.807, 2.05) is 0 Å². The summed E-state index contributed by atoms with van der Waals surface area (Å²) in [6.45, 7) is 4.04. The van der Waals surface area contributed by atoms with Crippen LogP contribution in [0.2, 0.25) is 0 Å². The number of rotatable bonds is 52. The van der Waals surface area contributed by atoms with Crippen molar-refractivity contribution in [2.75, 3.05) is 26.4 Å². The number of allylic oxidation sites excluding steroid dienone is 4. The molecule has 0 amide bonds. The Balaban J connectivity index is 2.28. The fraction of sp³-hybridized carbons (Fsp3) is 0.912. The van der Waals surface area contributed by atoms with E-state index in [2.05, 4.69) is 42.3 Å². The molecule has 0 aromatic rings. The van der Waals surface area contributed by atoms with Gasteiger partial charge in [-0.05, 0) is 44.9 Å². The number of carbonyl (C=O) groups excluding carboxylic acids is 1. The molecule has 0 radical (unpaired) electrons. The lowest BCUT2D eigenvalue weighted by atomic mass is 9.99. The van der Waals surface area contributed by atoms with Crippen LogP contribution in [-0.4, -0.2) is 97.5 Å². The Labute approximate surface area is 429 Å². The molecule has 0 saturated carbocycles. The van der Waals surface area contributed by atoms with Crippen LogP contribution in [0.3, 0.4) is 0 Å². The molecule has 1 saturated heterocycles. The van der Waals surface area contributed by atoms with Crippen molar-refractivity contribution in [1.82, 2.24) is 0 Å². The first kappa shape index (κ1) is 66.6. The second-order valence-electron chi connectivity index (χ2n) is 20.2. The number of aliphatic hydroxyl groups is 3. The predicted octanol–water partition coefficient (Wildman–Crippen LogP) is 14.3. The molecule has 12 nitrogen and oxygen atoms in total. The number of carbonyl (C=O) groups is 1. The van der Waals surface area contributed by atoms with Gasteiger partial charge in [-0.3, -0.25) is 9.35 Å². The number of hydrogen-bond donors (Lipinski definition) is 4. The van der Waals surface area contributed by atoms with E-state index < -0.39 is 59.8 Å². The van der Waals surface area contributed by atoms with Gasteiger partial charge in [-0.1, -0.05) is 244 Å². The normalized spacial score (nSPS) is 19.2. The van der Waals surface area contributed by atoms with E-state index in [4.69, 9.17) is 18.9 Å². The summed E-state index contributed by atoms with van der Waals surface area (Å²) in [7, 11) is -5.06. The number of ether oxygens (including phenoxy) is 4. The van der Waals surface area contributed by atoms with Gasteiger partial charge in [-0.25, -0.2) is 4.18 Å². The highest BCUT2D eigenvalue weighted by molar-refractivity contribution is 7.80. The lowest BCUT2D eigenvalue weighted by molar-refractivity contribution is -0.301. The monoisotopic (exact) mass is 1020 g/mol. The van der Waals surface area contributed by atoms with Gasteiger partial charge in [-0.15, -0.1) is 0 Å². The van der Waals surface area contributed by atoms with Gasteiger partial charge in [0.25, 0.3) is 0 Å². The maximum absolute atomic E-state index is 13.0. The zero-order valence-corrected chi connectivity index (χ0v) is 45.7. The molecule has 0 aromatic carbocycles. The molecule has 0 aliphatic carbocycles. The van der Waals surface area contributed by atoms with E-state index in [0.29, 0.717) is 13.0 Å². The Bertz CT molecular complexity index is 1310. The Morgan fingerprint density at radius 1 is 0.543 bits per heavy atom. The zero-order chi connectivity index (χ0) is 51.0. The van der Waals surface area contributed by atoms with E-state index in [1.165, 1.54) is 199 Å². The minimum Gasteiger partial charge on any atom is -0.457 e. The molecule has 0 bridgehead atoms. The van der Waals surface area contributed by atoms with Crippen molar-refractivity contribution < 1.29 is 56.2 Å². The minimum absolute atomic E-state index is 0.0401. The molecule has 1 fully saturated rings. The van der Waals surface area contributed by atoms with Crippen LogP contribution in [-0.2, 0) is 38.3 Å². The zero-order valence-electron chi connectivity index (χ0n) is 44.8. The average molecular weight is 1020 g/mol. The molecular weight excluding hydrogens is 909 g/mol. The fourth-order valence-corrected chi connectivity index (χ4v) is 9.69. The molecule has 13 heteroatoms. The molecule has 4 N–H and O–H groups in total. The van der Waals surface area contributed by atoms with Gasteiger partial charge in [0.05, 0.1) is 19.8 Å². The topological polar surface area (TPSA) is 178 Å². The molecule has 414 valence electrons. The SMILES string of the molecule is CCCCCCC/C=C\C/C=C\CCCCCCCCCCCCCCOCC(COC1OC(CO)C(O)C(OS(=O)(=O)O)C1O)OC(=O)CCCCCCCCCCCCCCCCCCCCC. The number of aliphatic hydroxyl groups excluding tert-OH is 3. The number of esters is 1. The van der Waals surface area contributed by atoms with E-state index in [-0.39, 0.29) is 19.6 Å². The summed E-state index contributed by atoms with van der Waals surface area (Å²) in [6.07, 6.45) is 49.3. The first-order valence-corrected chi connectivity index (χ1v) is 30.5. The molecular formula is C57H108O12S. The van der Waals surface area contributed by atoms with Crippen molar-refractivity contribution in [3.63, 3.8) is 0 Å². The van der Waals surface area contributed by atoms with Crippen molar-refractivity contribution in [3.8, 4) is 0 Å². The second-order valence-corrected chi connectivity index (χ2v) is 21.3. The van der Waals surface area contributed by atoms with E-state index in [9.17, 15) is 33.1 Å². The van der Waals surface area contributed by atoms with Crippen molar-refractivity contribution in [2.45, 2.75) is 307 Å². The standard InChI is InChI=1S/C57H108O12S/c1-3-5-7-9-11-13-15-17-19-21-23-24-25-26-27-29-31-33-35-37-39-41-43-45-47-65-49-51(50-66-57-55(61)56(69-70(62,63)64)54(60)52(48-58)68-57)67-53(59)46-44-42-40-38-36-34-32-30-28-22-20-18-16-14-12-10-8-6-4-2/h15,17,21,23,51-52,54-58,60-61H,3-14,16,18-20,22,24-50H2,1-2H3,(H,62,63,64)/b17-15-,23-21-. The van der Waals surface area contributed by atoms with Crippen LogP contribution >= 0.6 is 0 Å². The number of hydrogen-bond acceptors (Lipinski definition) is 11. The van der Waals surface area contributed by atoms with E-state index in [1.54, 1.807) is 0 Å². The Morgan fingerprint density at radius 3 is 1.36 bits per heavy atom. The minimum atomic E-state index is -5.06. The summed E-state index contributed by atoms with van der Waals surface area (Å²) in [5, 5.41) is 30.8. The quantitative estimate of drug-likeness (QED) is 0.0196. The van der Waals surface area contributed by atoms with Crippen molar-refractivity contribution in [2.24, 2.45) is 0 Å². The Morgan fingerprint density at radius 2 is 0.943 bits per heavy atom. The van der Waals surface area contributed by atoms with Gasteiger partial charge in [0, 0.05) is 13.0 Å². The lowest BCUT2D eigenvalue weighted by Crippen LogP contribution is -2.60. The van der Waals surface area contributed by atoms with Gasteiger partial charge in [0.15, 0.2) is 6.29 Å². The summed E-state index contributed by atoms with van der Waals surface area (Å²) < 4.78 is 59.4. The van der Waals surface area contributed by atoms with Crippen LogP contribution in [0.4, 0.5) is 0 Å². The van der Waals surface area contributed by atoms with Crippen LogP contribution < -0.4 is 0 Å². The molecule has 1 aliphatic rings. The van der Waals surface area contributed by atoms with Crippen LogP contribution in [0.15, 0.2) is 24.3 Å². The molecule has 6 atom stereocenters. The maximum Gasteiger partial charge on any atom is 0.397 e. The highest BCUT2D eigenvalue weighted by Gasteiger charge is 2.48. The molecule has 0 aromatic heterocycles. The van der Waals surface area contributed by atoms with Crippen LogP contribution in [0.25, 0.3) is 0 Å². The van der Waals surface area contributed by atoms with Gasteiger partial charge < -0.3 is 34.3 Å². The maximum atomic E-state index is 13.0. The van der Waals surface area contributed by atoms with Crippen molar-refractivity contribution in [3.05, 3.63) is 24.3 Å². The summed E-state index contributed by atoms with van der Waals surface area (Å²) in [6, 6.07) is 0. The smallest absolute Gasteiger partial charge is 0.397 e. The average Bonchev–Trinajstić information content (AvgIpc) is 3.34. The molecule has 1 rings (SSSR count). The van der Waals surface area contributed by atoms with Crippen LogP contribution in [0, 0.1) is 0 Å². The van der Waals surface area contributed by atoms with E-state index in [0.717, 1.165) is 44.9 Å². The molecule has 1 aliphatic heterocycles. The van der Waals surface area contributed by atoms with Crippen LogP contribution in [0.5, 0.6) is 0 Å².